The molecule has 4 aliphatic rings. The van der Waals surface area contributed by atoms with Crippen LogP contribution in [-0.4, -0.2) is 47.3 Å². The maximum absolute atomic E-state index is 13.4. The Hall–Kier alpha value is -2.80. The number of rotatable bonds is 9. The Kier molecular flexibility index (Phi) is 8.06. The maximum Gasteiger partial charge on any atom is 0.306 e. The zero-order chi connectivity index (χ0) is 28.5. The van der Waals surface area contributed by atoms with Crippen molar-refractivity contribution in [2.75, 3.05) is 13.2 Å². The Morgan fingerprint density at radius 2 is 1.73 bits per heavy atom. The fourth-order valence-electron chi connectivity index (χ4n) is 8.67. The van der Waals surface area contributed by atoms with Crippen LogP contribution in [0.15, 0.2) is 42.0 Å². The molecule has 5 rings (SSSR count). The fourth-order valence-corrected chi connectivity index (χ4v) is 8.67. The van der Waals surface area contributed by atoms with Crippen LogP contribution in [0.5, 0.6) is 0 Å². The van der Waals surface area contributed by atoms with Crippen LogP contribution in [0.1, 0.15) is 83.6 Å². The summed E-state index contributed by atoms with van der Waals surface area (Å²) in [5.41, 5.74) is 0.386. The molecule has 3 saturated carbocycles. The zero-order valence-corrected chi connectivity index (χ0v) is 23.9. The summed E-state index contributed by atoms with van der Waals surface area (Å²) in [4.78, 5) is 49.9. The Morgan fingerprint density at radius 3 is 2.50 bits per heavy atom. The molecule has 0 spiro atoms. The van der Waals surface area contributed by atoms with Crippen molar-refractivity contribution >= 4 is 23.4 Å². The first kappa shape index (κ1) is 28.7. The summed E-state index contributed by atoms with van der Waals surface area (Å²) in [6.45, 7) is 4.40. The van der Waals surface area contributed by atoms with Crippen molar-refractivity contribution in [3.63, 3.8) is 0 Å². The van der Waals surface area contributed by atoms with Gasteiger partial charge < -0.3 is 15.2 Å². The van der Waals surface area contributed by atoms with Crippen molar-refractivity contribution in [3.05, 3.63) is 47.5 Å². The number of hydrogen-bond acceptors (Lipinski definition) is 6. The second kappa shape index (κ2) is 11.2. The molecule has 1 aromatic rings. The highest BCUT2D eigenvalue weighted by molar-refractivity contribution is 5.92. The number of ether oxygens (including phenoxy) is 1. The number of esters is 1. The van der Waals surface area contributed by atoms with Gasteiger partial charge in [0.2, 0.25) is 11.7 Å². The Balaban J connectivity index is 1.12. The lowest BCUT2D eigenvalue weighted by Crippen LogP contribution is -2.58. The van der Waals surface area contributed by atoms with E-state index in [0.29, 0.717) is 37.6 Å². The number of nitrogens with one attached hydrogen (secondary N) is 1. The summed E-state index contributed by atoms with van der Waals surface area (Å²) >= 11 is 0. The van der Waals surface area contributed by atoms with Crippen LogP contribution in [0.25, 0.3) is 0 Å². The van der Waals surface area contributed by atoms with E-state index in [1.807, 2.05) is 36.4 Å². The number of aliphatic hydroxyl groups is 1. The van der Waals surface area contributed by atoms with E-state index in [1.54, 1.807) is 0 Å². The van der Waals surface area contributed by atoms with Gasteiger partial charge in [0.25, 0.3) is 0 Å². The van der Waals surface area contributed by atoms with Gasteiger partial charge in [-0.15, -0.1) is 0 Å². The molecule has 40 heavy (non-hydrogen) atoms. The molecule has 0 radical (unpaired) electrons. The lowest BCUT2D eigenvalue weighted by Gasteiger charge is -2.58. The van der Waals surface area contributed by atoms with Gasteiger partial charge in [-0.25, -0.2) is 0 Å². The molecule has 4 aliphatic carbocycles. The quantitative estimate of drug-likeness (QED) is 0.439. The Bertz CT molecular complexity index is 1190. The smallest absolute Gasteiger partial charge is 0.306 e. The van der Waals surface area contributed by atoms with E-state index < -0.39 is 29.4 Å². The maximum atomic E-state index is 13.4. The van der Waals surface area contributed by atoms with Gasteiger partial charge in [-0.05, 0) is 86.2 Å². The summed E-state index contributed by atoms with van der Waals surface area (Å²) in [5.74, 6) is 0.0819. The summed E-state index contributed by atoms with van der Waals surface area (Å²) in [6.07, 6.45) is 8.74. The average Bonchev–Trinajstić information content (AvgIpc) is 3.23. The molecular weight excluding hydrogens is 506 g/mol. The summed E-state index contributed by atoms with van der Waals surface area (Å²) in [6, 6.07) is 9.83. The molecule has 216 valence electrons. The molecule has 1 aromatic carbocycles. The van der Waals surface area contributed by atoms with E-state index in [-0.39, 0.29) is 35.9 Å². The van der Waals surface area contributed by atoms with Gasteiger partial charge in [-0.2, -0.15) is 0 Å². The van der Waals surface area contributed by atoms with Crippen LogP contribution in [0.3, 0.4) is 0 Å². The average molecular weight is 550 g/mol. The van der Waals surface area contributed by atoms with Crippen molar-refractivity contribution in [2.45, 2.75) is 90.1 Å². The Morgan fingerprint density at radius 1 is 0.975 bits per heavy atom. The van der Waals surface area contributed by atoms with E-state index in [1.165, 1.54) is 5.57 Å². The van der Waals surface area contributed by atoms with Crippen molar-refractivity contribution in [1.29, 1.82) is 0 Å². The van der Waals surface area contributed by atoms with E-state index in [2.05, 4.69) is 19.2 Å². The molecule has 0 aliphatic heterocycles. The van der Waals surface area contributed by atoms with E-state index >= 15 is 0 Å². The lowest BCUT2D eigenvalue weighted by molar-refractivity contribution is -0.170. The van der Waals surface area contributed by atoms with Crippen molar-refractivity contribution < 1.29 is 29.0 Å². The number of fused-ring (bicyclic) bond motifs is 5. The van der Waals surface area contributed by atoms with Gasteiger partial charge in [0.05, 0.1) is 6.42 Å². The molecule has 0 bridgehead atoms. The minimum absolute atomic E-state index is 0.00423. The van der Waals surface area contributed by atoms with Crippen LogP contribution in [0, 0.1) is 28.6 Å². The predicted octanol–water partition coefficient (Wildman–Crippen LogP) is 4.50. The highest BCUT2D eigenvalue weighted by Gasteiger charge is 2.66. The summed E-state index contributed by atoms with van der Waals surface area (Å²) < 4.78 is 5.27. The number of ketones is 2. The molecule has 3 fully saturated rings. The fraction of sp³-hybridized carbons (Fsp3) is 0.636. The monoisotopic (exact) mass is 549 g/mol. The molecule has 0 heterocycles. The number of carbonyl (C=O) groups is 4. The van der Waals surface area contributed by atoms with Gasteiger partial charge in [0.1, 0.15) is 5.60 Å². The molecule has 0 aromatic heterocycles. The molecule has 7 nitrogen and oxygen atoms in total. The van der Waals surface area contributed by atoms with Crippen molar-refractivity contribution in [3.8, 4) is 0 Å². The van der Waals surface area contributed by atoms with Crippen LogP contribution in [0.4, 0.5) is 0 Å². The highest BCUT2D eigenvalue weighted by atomic mass is 16.5. The number of hydrogen-bond donors (Lipinski definition) is 2. The second-order valence-corrected chi connectivity index (χ2v) is 13.0. The van der Waals surface area contributed by atoms with E-state index in [9.17, 15) is 24.3 Å². The highest BCUT2D eigenvalue weighted by Crippen LogP contribution is 2.67. The molecule has 0 saturated heterocycles. The number of carbonyl (C=O) groups excluding carboxylic acids is 4. The van der Waals surface area contributed by atoms with Crippen LogP contribution in [0.2, 0.25) is 0 Å². The van der Waals surface area contributed by atoms with Crippen LogP contribution < -0.4 is 5.32 Å². The number of amides is 1. The van der Waals surface area contributed by atoms with Crippen molar-refractivity contribution in [1.82, 2.24) is 5.32 Å². The summed E-state index contributed by atoms with van der Waals surface area (Å²) in [7, 11) is 0. The van der Waals surface area contributed by atoms with E-state index in [0.717, 1.165) is 44.1 Å². The molecule has 7 heteroatoms. The minimum atomic E-state index is -1.52. The molecule has 1 amide bonds. The van der Waals surface area contributed by atoms with Gasteiger partial charge in [-0.1, -0.05) is 49.8 Å². The Labute approximate surface area is 237 Å². The van der Waals surface area contributed by atoms with Crippen molar-refractivity contribution in [2.24, 2.45) is 28.6 Å². The SMILES string of the molecule is CC12CCC(=O)C=C1CCC1C2CCC2(C)C1CCC2(O)C(=O)COC(=O)CCC(=O)NCCc1ccccc1. The van der Waals surface area contributed by atoms with Gasteiger partial charge in [0, 0.05) is 24.8 Å². The number of Topliss-reactive ketones (excluding diaryl/α,β-unsaturated/α-hetero) is 1. The largest absolute Gasteiger partial charge is 0.458 e. The molecule has 6 atom stereocenters. The van der Waals surface area contributed by atoms with Crippen LogP contribution >= 0.6 is 0 Å². The van der Waals surface area contributed by atoms with Gasteiger partial charge >= 0.3 is 5.97 Å². The first-order chi connectivity index (χ1) is 19.1. The van der Waals surface area contributed by atoms with Crippen LogP contribution in [-0.2, 0) is 30.3 Å². The normalized spacial score (nSPS) is 34.6. The first-order valence-corrected chi connectivity index (χ1v) is 15.0. The molecule has 2 N–H and O–H groups in total. The number of benzene rings is 1. The zero-order valence-electron chi connectivity index (χ0n) is 23.9. The third-order valence-corrected chi connectivity index (χ3v) is 11.1. The minimum Gasteiger partial charge on any atom is -0.458 e. The third-order valence-electron chi connectivity index (χ3n) is 11.1. The molecular formula is C33H43NO6. The second-order valence-electron chi connectivity index (χ2n) is 13.0. The predicted molar refractivity (Wildman–Crippen MR) is 150 cm³/mol. The van der Waals surface area contributed by atoms with Gasteiger partial charge in [-0.3, -0.25) is 19.2 Å². The third kappa shape index (κ3) is 5.17. The first-order valence-electron chi connectivity index (χ1n) is 15.0. The van der Waals surface area contributed by atoms with E-state index in [4.69, 9.17) is 4.74 Å². The standard InChI is InChI=1S/C33H43NO6/c1-31-16-12-24(35)20-23(31)8-9-25-26(31)13-17-32(2)27(25)14-18-33(32,39)28(36)21-40-30(38)11-10-29(37)34-19-15-22-6-4-3-5-7-22/h3-7,20,25-27,39H,8-19,21H2,1-2H3,(H,34,37). The lowest BCUT2D eigenvalue weighted by atomic mass is 9.46. The molecule has 6 unspecified atom stereocenters. The summed E-state index contributed by atoms with van der Waals surface area (Å²) in [5, 5.41) is 14.6. The topological polar surface area (TPSA) is 110 Å². The number of allylic oxidation sites excluding steroid dienone is 1. The van der Waals surface area contributed by atoms with Gasteiger partial charge in [0.15, 0.2) is 12.4 Å².